The predicted molar refractivity (Wildman–Crippen MR) is 48.7 cm³/mol. The van der Waals surface area contributed by atoms with Crippen molar-refractivity contribution in [3.8, 4) is 11.4 Å². The lowest BCUT2D eigenvalue weighted by Gasteiger charge is -2.01. The van der Waals surface area contributed by atoms with Crippen LogP contribution in [0.2, 0.25) is 0 Å². The van der Waals surface area contributed by atoms with Crippen LogP contribution in [-0.2, 0) is 0 Å². The molecular formula is C10H9FN2. The zero-order valence-corrected chi connectivity index (χ0v) is 7.21. The summed E-state index contributed by atoms with van der Waals surface area (Å²) in [5.41, 5.74) is 1.15. The molecule has 1 aromatic heterocycles. The van der Waals surface area contributed by atoms with Gasteiger partial charge in [-0.15, -0.1) is 0 Å². The second-order valence-corrected chi connectivity index (χ2v) is 2.87. The highest BCUT2D eigenvalue weighted by Crippen LogP contribution is 2.20. The number of halogens is 1. The number of rotatable bonds is 1. The monoisotopic (exact) mass is 176 g/mol. The van der Waals surface area contributed by atoms with Crippen LogP contribution in [-0.4, -0.2) is 9.97 Å². The van der Waals surface area contributed by atoms with Gasteiger partial charge in [0.1, 0.15) is 11.6 Å². The number of hydrogen-bond donors (Lipinski definition) is 1. The van der Waals surface area contributed by atoms with Crippen LogP contribution in [0, 0.1) is 12.7 Å². The summed E-state index contributed by atoms with van der Waals surface area (Å²) in [6.45, 7) is 1.74. The third-order valence-electron chi connectivity index (χ3n) is 1.95. The van der Waals surface area contributed by atoms with E-state index in [2.05, 4.69) is 9.97 Å². The van der Waals surface area contributed by atoms with Crippen molar-refractivity contribution < 1.29 is 4.39 Å². The van der Waals surface area contributed by atoms with E-state index in [9.17, 15) is 4.39 Å². The molecular weight excluding hydrogens is 167 g/mol. The molecule has 0 radical (unpaired) electrons. The lowest BCUT2D eigenvalue weighted by molar-refractivity contribution is 0.621. The van der Waals surface area contributed by atoms with Gasteiger partial charge in [0, 0.05) is 12.4 Å². The highest BCUT2D eigenvalue weighted by molar-refractivity contribution is 5.56. The minimum Gasteiger partial charge on any atom is -0.345 e. The Morgan fingerprint density at radius 3 is 2.92 bits per heavy atom. The Kier molecular flexibility index (Phi) is 1.85. The molecule has 0 fully saturated rings. The summed E-state index contributed by atoms with van der Waals surface area (Å²) < 4.78 is 13.5. The predicted octanol–water partition coefficient (Wildman–Crippen LogP) is 2.52. The first-order chi connectivity index (χ1) is 6.29. The third kappa shape index (κ3) is 1.33. The Morgan fingerprint density at radius 2 is 2.23 bits per heavy atom. The standard InChI is InChI=1S/C10H9FN2/c1-7-3-2-4-8(9(7)11)10-12-5-6-13-10/h2-6H,1H3,(H,12,13). The fourth-order valence-corrected chi connectivity index (χ4v) is 1.24. The number of nitrogens with one attached hydrogen (secondary N) is 1. The third-order valence-corrected chi connectivity index (χ3v) is 1.95. The molecule has 1 heterocycles. The fraction of sp³-hybridized carbons (Fsp3) is 0.100. The van der Waals surface area contributed by atoms with Crippen LogP contribution in [0.5, 0.6) is 0 Å². The number of imidazole rings is 1. The molecule has 0 amide bonds. The van der Waals surface area contributed by atoms with Crippen molar-refractivity contribution >= 4 is 0 Å². The summed E-state index contributed by atoms with van der Waals surface area (Å²) in [4.78, 5) is 6.86. The van der Waals surface area contributed by atoms with Gasteiger partial charge in [-0.25, -0.2) is 9.37 Å². The molecule has 0 aliphatic rings. The molecule has 2 rings (SSSR count). The van der Waals surface area contributed by atoms with Crippen molar-refractivity contribution in [2.75, 3.05) is 0 Å². The molecule has 0 bridgehead atoms. The Labute approximate surface area is 75.4 Å². The van der Waals surface area contributed by atoms with Gasteiger partial charge in [-0.3, -0.25) is 0 Å². The van der Waals surface area contributed by atoms with Gasteiger partial charge in [-0.1, -0.05) is 12.1 Å². The van der Waals surface area contributed by atoms with Crippen LogP contribution >= 0.6 is 0 Å². The first kappa shape index (κ1) is 7.98. The molecule has 2 nitrogen and oxygen atoms in total. The van der Waals surface area contributed by atoms with Crippen molar-refractivity contribution in [2.24, 2.45) is 0 Å². The van der Waals surface area contributed by atoms with Gasteiger partial charge in [0.2, 0.25) is 0 Å². The molecule has 13 heavy (non-hydrogen) atoms. The van der Waals surface area contributed by atoms with Gasteiger partial charge >= 0.3 is 0 Å². The topological polar surface area (TPSA) is 28.7 Å². The maximum atomic E-state index is 13.5. The maximum absolute atomic E-state index is 13.5. The zero-order valence-electron chi connectivity index (χ0n) is 7.21. The first-order valence-corrected chi connectivity index (χ1v) is 4.04. The van der Waals surface area contributed by atoms with Gasteiger partial charge in [0.15, 0.2) is 0 Å². The number of aromatic nitrogens is 2. The van der Waals surface area contributed by atoms with E-state index in [0.717, 1.165) is 0 Å². The molecule has 0 saturated heterocycles. The Bertz CT molecular complexity index is 407. The molecule has 66 valence electrons. The Morgan fingerprint density at radius 1 is 1.38 bits per heavy atom. The van der Waals surface area contributed by atoms with Gasteiger partial charge < -0.3 is 4.98 Å². The van der Waals surface area contributed by atoms with Crippen LogP contribution < -0.4 is 0 Å². The van der Waals surface area contributed by atoms with E-state index in [-0.39, 0.29) is 5.82 Å². The van der Waals surface area contributed by atoms with E-state index in [0.29, 0.717) is 17.0 Å². The Hall–Kier alpha value is -1.64. The summed E-state index contributed by atoms with van der Waals surface area (Å²) in [5.74, 6) is 0.360. The van der Waals surface area contributed by atoms with Crippen LogP contribution in [0.25, 0.3) is 11.4 Å². The molecule has 0 atom stereocenters. The molecule has 0 unspecified atom stereocenters. The molecule has 2 aromatic rings. The minimum absolute atomic E-state index is 0.211. The smallest absolute Gasteiger partial charge is 0.140 e. The number of hydrogen-bond acceptors (Lipinski definition) is 1. The molecule has 0 aliphatic carbocycles. The number of H-pyrrole nitrogens is 1. The lowest BCUT2D eigenvalue weighted by atomic mass is 10.1. The lowest BCUT2D eigenvalue weighted by Crippen LogP contribution is -1.89. The number of benzene rings is 1. The van der Waals surface area contributed by atoms with Crippen molar-refractivity contribution in [1.82, 2.24) is 9.97 Å². The molecule has 0 saturated carbocycles. The van der Waals surface area contributed by atoms with Gasteiger partial charge in [-0.05, 0) is 18.6 Å². The highest BCUT2D eigenvalue weighted by atomic mass is 19.1. The second-order valence-electron chi connectivity index (χ2n) is 2.87. The quantitative estimate of drug-likeness (QED) is 0.710. The minimum atomic E-state index is -0.211. The van der Waals surface area contributed by atoms with Crippen LogP contribution in [0.1, 0.15) is 5.56 Å². The molecule has 0 spiro atoms. The number of aryl methyl sites for hydroxylation is 1. The SMILES string of the molecule is Cc1cccc(-c2ncc[nH]2)c1F. The van der Waals surface area contributed by atoms with E-state index in [1.165, 1.54) is 0 Å². The van der Waals surface area contributed by atoms with Gasteiger partial charge in [0.05, 0.1) is 5.56 Å². The largest absolute Gasteiger partial charge is 0.345 e. The van der Waals surface area contributed by atoms with Gasteiger partial charge in [-0.2, -0.15) is 0 Å². The van der Waals surface area contributed by atoms with E-state index in [1.54, 1.807) is 31.5 Å². The molecule has 3 heteroatoms. The Balaban J connectivity index is 2.59. The van der Waals surface area contributed by atoms with E-state index < -0.39 is 0 Å². The number of nitrogens with zero attached hydrogens (tertiary/aromatic N) is 1. The van der Waals surface area contributed by atoms with Gasteiger partial charge in [0.25, 0.3) is 0 Å². The summed E-state index contributed by atoms with van der Waals surface area (Å²) >= 11 is 0. The van der Waals surface area contributed by atoms with Crippen LogP contribution in [0.3, 0.4) is 0 Å². The van der Waals surface area contributed by atoms with Crippen molar-refractivity contribution in [2.45, 2.75) is 6.92 Å². The molecule has 1 N–H and O–H groups in total. The summed E-state index contributed by atoms with van der Waals surface area (Å²) in [6.07, 6.45) is 3.29. The second kappa shape index (κ2) is 3.01. The van der Waals surface area contributed by atoms with Crippen molar-refractivity contribution in [1.29, 1.82) is 0 Å². The van der Waals surface area contributed by atoms with Crippen molar-refractivity contribution in [3.05, 3.63) is 42.0 Å². The summed E-state index contributed by atoms with van der Waals surface area (Å²) in [7, 11) is 0. The average Bonchev–Trinajstić information content (AvgIpc) is 2.62. The number of aromatic amines is 1. The average molecular weight is 176 g/mol. The highest BCUT2D eigenvalue weighted by Gasteiger charge is 2.07. The van der Waals surface area contributed by atoms with E-state index in [4.69, 9.17) is 0 Å². The molecule has 1 aromatic carbocycles. The van der Waals surface area contributed by atoms with Crippen LogP contribution in [0.15, 0.2) is 30.6 Å². The van der Waals surface area contributed by atoms with Crippen LogP contribution in [0.4, 0.5) is 4.39 Å². The zero-order chi connectivity index (χ0) is 9.26. The van der Waals surface area contributed by atoms with E-state index in [1.807, 2.05) is 6.07 Å². The molecule has 0 aliphatic heterocycles. The van der Waals surface area contributed by atoms with Crippen molar-refractivity contribution in [3.63, 3.8) is 0 Å². The normalized spacial score (nSPS) is 10.3. The fourth-order valence-electron chi connectivity index (χ4n) is 1.24. The maximum Gasteiger partial charge on any atom is 0.140 e. The first-order valence-electron chi connectivity index (χ1n) is 4.04. The summed E-state index contributed by atoms with van der Waals surface area (Å²) in [6, 6.07) is 5.26. The summed E-state index contributed by atoms with van der Waals surface area (Å²) in [5, 5.41) is 0. The van der Waals surface area contributed by atoms with E-state index >= 15 is 0 Å².